The fraction of sp³-hybridized carbons (Fsp3) is 0.294. The molecule has 1 aromatic heterocycles. The number of rotatable bonds is 6. The average Bonchev–Trinajstić information content (AvgIpc) is 2.47. The van der Waals surface area contributed by atoms with E-state index < -0.39 is 0 Å². The molecular weight excluding hydrogens is 284 g/mol. The minimum Gasteiger partial charge on any atom is -0.293 e. The molecule has 1 aromatic carbocycles. The van der Waals surface area contributed by atoms with E-state index in [0.29, 0.717) is 23.7 Å². The maximum atomic E-state index is 12.3. The molecule has 21 heavy (non-hydrogen) atoms. The number of pyridine rings is 1. The molecule has 0 aliphatic rings. The lowest BCUT2D eigenvalue weighted by atomic mass is 10.1. The van der Waals surface area contributed by atoms with Crippen LogP contribution in [0.15, 0.2) is 42.5 Å². The Kier molecular flexibility index (Phi) is 5.48. The maximum absolute atomic E-state index is 12.3. The van der Waals surface area contributed by atoms with Crippen molar-refractivity contribution < 1.29 is 4.79 Å². The molecule has 4 heteroatoms. The van der Waals surface area contributed by atoms with Crippen molar-refractivity contribution in [3.63, 3.8) is 0 Å². The first-order valence-electron chi connectivity index (χ1n) is 7.02. The lowest BCUT2D eigenvalue weighted by molar-refractivity contribution is 0.0929. The highest BCUT2D eigenvalue weighted by Gasteiger charge is 2.14. The van der Waals surface area contributed by atoms with Gasteiger partial charge in [0.15, 0.2) is 5.78 Å². The van der Waals surface area contributed by atoms with Gasteiger partial charge in [-0.15, -0.1) is 0 Å². The van der Waals surface area contributed by atoms with E-state index in [0.717, 1.165) is 17.9 Å². The van der Waals surface area contributed by atoms with E-state index in [9.17, 15) is 4.79 Å². The van der Waals surface area contributed by atoms with Crippen molar-refractivity contribution >= 4 is 17.4 Å². The Labute approximate surface area is 130 Å². The first kappa shape index (κ1) is 15.7. The lowest BCUT2D eigenvalue weighted by Gasteiger charge is -2.19. The van der Waals surface area contributed by atoms with Crippen molar-refractivity contribution in [2.75, 3.05) is 13.1 Å². The topological polar surface area (TPSA) is 33.2 Å². The van der Waals surface area contributed by atoms with Crippen LogP contribution >= 0.6 is 11.6 Å². The van der Waals surface area contributed by atoms with E-state index in [4.69, 9.17) is 11.6 Å². The third-order valence-electron chi connectivity index (χ3n) is 3.32. The zero-order valence-corrected chi connectivity index (χ0v) is 13.1. The molecule has 3 nitrogen and oxygen atoms in total. The zero-order valence-electron chi connectivity index (χ0n) is 12.3. The van der Waals surface area contributed by atoms with E-state index in [1.165, 1.54) is 0 Å². The van der Waals surface area contributed by atoms with Crippen LogP contribution in [0.25, 0.3) is 0 Å². The molecule has 0 spiro atoms. The molecule has 0 N–H and O–H groups in total. The standard InChI is InChI=1S/C17H19ClN2O/c1-3-20(11-14-8-6-7-13(2)19-14)12-17(21)15-9-4-5-10-16(15)18/h4-10H,3,11-12H2,1-2H3. The predicted molar refractivity (Wildman–Crippen MR) is 85.7 cm³/mol. The van der Waals surface area contributed by atoms with Crippen LogP contribution in [0.4, 0.5) is 0 Å². The normalized spacial score (nSPS) is 10.9. The molecule has 0 unspecified atom stereocenters. The number of aryl methyl sites for hydroxylation is 1. The number of ketones is 1. The highest BCUT2D eigenvalue weighted by Crippen LogP contribution is 2.16. The summed E-state index contributed by atoms with van der Waals surface area (Å²) in [6.07, 6.45) is 0. The highest BCUT2D eigenvalue weighted by molar-refractivity contribution is 6.34. The number of carbonyl (C=O) groups excluding carboxylic acids is 1. The molecule has 0 saturated carbocycles. The number of benzene rings is 1. The Morgan fingerprint density at radius 1 is 1.19 bits per heavy atom. The fourth-order valence-electron chi connectivity index (χ4n) is 2.17. The summed E-state index contributed by atoms with van der Waals surface area (Å²) in [4.78, 5) is 18.9. The quantitative estimate of drug-likeness (QED) is 0.762. The van der Waals surface area contributed by atoms with Crippen LogP contribution in [0, 0.1) is 6.92 Å². The minimum absolute atomic E-state index is 0.0371. The van der Waals surface area contributed by atoms with E-state index >= 15 is 0 Å². The first-order chi connectivity index (χ1) is 10.1. The van der Waals surface area contributed by atoms with Crippen LogP contribution in [0.1, 0.15) is 28.7 Å². The monoisotopic (exact) mass is 302 g/mol. The summed E-state index contributed by atoms with van der Waals surface area (Å²) in [5.41, 5.74) is 2.54. The number of likely N-dealkylation sites (N-methyl/N-ethyl adjacent to an activating group) is 1. The summed E-state index contributed by atoms with van der Waals surface area (Å²) in [7, 11) is 0. The van der Waals surface area contributed by atoms with E-state index in [-0.39, 0.29) is 5.78 Å². The Balaban J connectivity index is 2.06. The number of aromatic nitrogens is 1. The third-order valence-corrected chi connectivity index (χ3v) is 3.65. The largest absolute Gasteiger partial charge is 0.293 e. The molecule has 0 aliphatic heterocycles. The Morgan fingerprint density at radius 2 is 1.95 bits per heavy atom. The van der Waals surface area contributed by atoms with Gasteiger partial charge in [-0.2, -0.15) is 0 Å². The van der Waals surface area contributed by atoms with Gasteiger partial charge < -0.3 is 0 Å². The molecule has 0 aliphatic carbocycles. The van der Waals surface area contributed by atoms with Crippen molar-refractivity contribution in [1.82, 2.24) is 9.88 Å². The molecular formula is C17H19ClN2O. The van der Waals surface area contributed by atoms with Crippen LogP contribution < -0.4 is 0 Å². The Hall–Kier alpha value is -1.71. The van der Waals surface area contributed by atoms with E-state index in [2.05, 4.69) is 9.88 Å². The second-order valence-corrected chi connectivity index (χ2v) is 5.38. The predicted octanol–water partition coefficient (Wildman–Crippen LogP) is 3.75. The van der Waals surface area contributed by atoms with Gasteiger partial charge in [0.25, 0.3) is 0 Å². The smallest absolute Gasteiger partial charge is 0.178 e. The van der Waals surface area contributed by atoms with Crippen LogP contribution in [0.5, 0.6) is 0 Å². The number of halogens is 1. The summed E-state index contributed by atoms with van der Waals surface area (Å²) >= 11 is 6.08. The SMILES string of the molecule is CCN(CC(=O)c1ccccc1Cl)Cc1cccc(C)n1. The molecule has 0 atom stereocenters. The number of hydrogen-bond acceptors (Lipinski definition) is 3. The Bertz CT molecular complexity index is 628. The van der Waals surface area contributed by atoms with Gasteiger partial charge in [-0.1, -0.05) is 36.7 Å². The van der Waals surface area contributed by atoms with Gasteiger partial charge in [-0.3, -0.25) is 14.7 Å². The van der Waals surface area contributed by atoms with Crippen LogP contribution in [0.2, 0.25) is 5.02 Å². The van der Waals surface area contributed by atoms with Crippen LogP contribution in [0.3, 0.4) is 0 Å². The minimum atomic E-state index is 0.0371. The Morgan fingerprint density at radius 3 is 2.62 bits per heavy atom. The summed E-state index contributed by atoms with van der Waals surface area (Å²) < 4.78 is 0. The fourth-order valence-corrected chi connectivity index (χ4v) is 2.41. The van der Waals surface area contributed by atoms with Crippen molar-refractivity contribution in [1.29, 1.82) is 0 Å². The van der Waals surface area contributed by atoms with Gasteiger partial charge in [0.1, 0.15) is 0 Å². The van der Waals surface area contributed by atoms with E-state index in [1.807, 2.05) is 44.2 Å². The van der Waals surface area contributed by atoms with E-state index in [1.54, 1.807) is 12.1 Å². The number of Topliss-reactive ketones (excluding diaryl/α,β-unsaturated/α-hetero) is 1. The van der Waals surface area contributed by atoms with Gasteiger partial charge in [0.05, 0.1) is 17.3 Å². The van der Waals surface area contributed by atoms with Gasteiger partial charge in [-0.05, 0) is 37.7 Å². The summed E-state index contributed by atoms with van der Waals surface area (Å²) in [6.45, 7) is 5.79. The average molecular weight is 303 g/mol. The second-order valence-electron chi connectivity index (χ2n) is 4.98. The molecule has 0 radical (unpaired) electrons. The number of carbonyl (C=O) groups is 1. The third kappa shape index (κ3) is 4.38. The maximum Gasteiger partial charge on any atom is 0.178 e. The number of hydrogen-bond donors (Lipinski definition) is 0. The van der Waals surface area contributed by atoms with Crippen molar-refractivity contribution in [2.45, 2.75) is 20.4 Å². The first-order valence-corrected chi connectivity index (χ1v) is 7.40. The second kappa shape index (κ2) is 7.34. The van der Waals surface area contributed by atoms with Gasteiger partial charge in [-0.25, -0.2) is 0 Å². The molecule has 2 rings (SSSR count). The summed E-state index contributed by atoms with van der Waals surface area (Å²) in [5.74, 6) is 0.0371. The van der Waals surface area contributed by atoms with Crippen LogP contribution in [-0.2, 0) is 6.54 Å². The van der Waals surface area contributed by atoms with Crippen LogP contribution in [-0.4, -0.2) is 28.8 Å². The molecule has 110 valence electrons. The van der Waals surface area contributed by atoms with Gasteiger partial charge in [0.2, 0.25) is 0 Å². The van der Waals surface area contributed by atoms with Crippen molar-refractivity contribution in [2.24, 2.45) is 0 Å². The van der Waals surface area contributed by atoms with Crippen molar-refractivity contribution in [3.8, 4) is 0 Å². The summed E-state index contributed by atoms with van der Waals surface area (Å²) in [6, 6.07) is 13.1. The number of nitrogens with zero attached hydrogens (tertiary/aromatic N) is 2. The highest BCUT2D eigenvalue weighted by atomic mass is 35.5. The molecule has 0 bridgehead atoms. The van der Waals surface area contributed by atoms with Gasteiger partial charge >= 0.3 is 0 Å². The molecule has 0 amide bonds. The molecule has 0 saturated heterocycles. The van der Waals surface area contributed by atoms with Crippen molar-refractivity contribution in [3.05, 3.63) is 64.4 Å². The summed E-state index contributed by atoms with van der Waals surface area (Å²) in [5, 5.41) is 0.507. The zero-order chi connectivity index (χ0) is 15.2. The lowest BCUT2D eigenvalue weighted by Crippen LogP contribution is -2.29. The van der Waals surface area contributed by atoms with Gasteiger partial charge in [0, 0.05) is 17.8 Å². The molecule has 2 aromatic rings. The molecule has 0 fully saturated rings. The molecule has 1 heterocycles.